The van der Waals surface area contributed by atoms with E-state index in [1.807, 2.05) is 4.90 Å². The summed E-state index contributed by atoms with van der Waals surface area (Å²) in [6.45, 7) is 5.20. The number of likely N-dealkylation sites (tertiary alicyclic amines) is 1. The maximum absolute atomic E-state index is 14.9. The molecule has 2 heterocycles. The van der Waals surface area contributed by atoms with Crippen molar-refractivity contribution in [2.45, 2.75) is 56.9 Å². The Labute approximate surface area is 237 Å². The summed E-state index contributed by atoms with van der Waals surface area (Å²) in [7, 11) is -2.33. The van der Waals surface area contributed by atoms with Crippen LogP contribution in [0.25, 0.3) is 0 Å². The average Bonchev–Trinajstić information content (AvgIpc) is 3.24. The molecule has 16 heteroatoms. The number of rotatable bonds is 11. The van der Waals surface area contributed by atoms with Gasteiger partial charge in [-0.15, -0.1) is 0 Å². The van der Waals surface area contributed by atoms with E-state index < -0.39 is 62.9 Å². The third-order valence-electron chi connectivity index (χ3n) is 7.19. The van der Waals surface area contributed by atoms with Crippen LogP contribution in [0.2, 0.25) is 0 Å². The topological polar surface area (TPSA) is 167 Å². The van der Waals surface area contributed by atoms with Crippen LogP contribution >= 0.6 is 0 Å². The van der Waals surface area contributed by atoms with Gasteiger partial charge in [-0.05, 0) is 26.7 Å². The zero-order valence-electron chi connectivity index (χ0n) is 23.6. The number of nitrogens with zero attached hydrogens (tertiary/aromatic N) is 2. The lowest BCUT2D eigenvalue weighted by Gasteiger charge is -2.48. The number of hydrogen-bond donors (Lipinski definition) is 2. The van der Waals surface area contributed by atoms with E-state index in [0.29, 0.717) is 13.1 Å². The van der Waals surface area contributed by atoms with Gasteiger partial charge in [0, 0.05) is 44.8 Å². The lowest BCUT2D eigenvalue weighted by molar-refractivity contribution is -0.141. The van der Waals surface area contributed by atoms with E-state index in [1.54, 1.807) is 13.8 Å². The Morgan fingerprint density at radius 1 is 1.24 bits per heavy atom. The Kier molecular flexibility index (Phi) is 9.96. The Bertz CT molecular complexity index is 1250. The summed E-state index contributed by atoms with van der Waals surface area (Å²) in [4.78, 5) is 39.1. The number of nitrogens with one attached hydrogen (secondary N) is 1. The number of carbonyl (C=O) groups excluding carboxylic acids is 3. The number of halogens is 2. The van der Waals surface area contributed by atoms with Gasteiger partial charge in [0.2, 0.25) is 11.7 Å². The van der Waals surface area contributed by atoms with Crippen molar-refractivity contribution in [1.82, 2.24) is 10.2 Å². The van der Waals surface area contributed by atoms with Gasteiger partial charge in [-0.1, -0.05) is 0 Å². The van der Waals surface area contributed by atoms with Crippen molar-refractivity contribution in [3.05, 3.63) is 23.8 Å². The molecule has 0 bridgehead atoms. The molecule has 0 spiro atoms. The normalized spacial score (nSPS) is 20.4. The van der Waals surface area contributed by atoms with Crippen LogP contribution in [0, 0.1) is 11.6 Å². The Morgan fingerprint density at radius 3 is 2.34 bits per heavy atom. The molecule has 2 saturated heterocycles. The molecule has 0 radical (unpaired) electrons. The Hall–Kier alpha value is -2.92. The number of hydrogen-bond acceptors (Lipinski definition) is 11. The van der Waals surface area contributed by atoms with Crippen LogP contribution in [0.5, 0.6) is 5.75 Å². The van der Waals surface area contributed by atoms with Crippen LogP contribution in [-0.4, -0.2) is 101 Å². The molecule has 2 aliphatic heterocycles. The SMILES string of the molecule is COCC1(OS(C)(=O)=O)CCN(C(C)(C)C(N)C(=O)Oc2c(F)cc(N3C[C@H](CNC(C)=O)OC3=O)cc2F)CC1. The molecule has 230 valence electrons. The number of piperidine rings is 1. The van der Waals surface area contributed by atoms with Crippen LogP contribution in [0.3, 0.4) is 0 Å². The third-order valence-corrected chi connectivity index (χ3v) is 7.85. The van der Waals surface area contributed by atoms with E-state index in [4.69, 9.17) is 24.1 Å². The van der Waals surface area contributed by atoms with E-state index in [1.165, 1.54) is 14.0 Å². The molecule has 2 amide bonds. The second-order valence-electron chi connectivity index (χ2n) is 10.7. The predicted molar refractivity (Wildman–Crippen MR) is 142 cm³/mol. The maximum atomic E-state index is 14.9. The fraction of sp³-hybridized carbons (Fsp3) is 0.640. The zero-order valence-corrected chi connectivity index (χ0v) is 24.4. The molecule has 3 rings (SSSR count). The molecule has 41 heavy (non-hydrogen) atoms. The predicted octanol–water partition coefficient (Wildman–Crippen LogP) is 0.895. The maximum Gasteiger partial charge on any atom is 0.414 e. The molecule has 0 aliphatic carbocycles. The van der Waals surface area contributed by atoms with E-state index in [0.717, 1.165) is 23.3 Å². The minimum atomic E-state index is -3.76. The van der Waals surface area contributed by atoms with E-state index >= 15 is 0 Å². The van der Waals surface area contributed by atoms with Gasteiger partial charge >= 0.3 is 12.1 Å². The first-order valence-corrected chi connectivity index (χ1v) is 14.6. The fourth-order valence-corrected chi connectivity index (χ4v) is 5.73. The van der Waals surface area contributed by atoms with Crippen molar-refractivity contribution in [3.8, 4) is 5.75 Å². The van der Waals surface area contributed by atoms with Gasteiger partial charge in [0.05, 0.1) is 31.6 Å². The minimum absolute atomic E-state index is 0.0288. The molecule has 2 aliphatic rings. The van der Waals surface area contributed by atoms with Crippen molar-refractivity contribution < 1.29 is 50.0 Å². The second-order valence-corrected chi connectivity index (χ2v) is 12.3. The number of esters is 1. The molecule has 0 aromatic heterocycles. The number of amides is 2. The summed E-state index contributed by atoms with van der Waals surface area (Å²) >= 11 is 0. The second kappa shape index (κ2) is 12.5. The van der Waals surface area contributed by atoms with Crippen molar-refractivity contribution in [2.75, 3.05) is 51.1 Å². The summed E-state index contributed by atoms with van der Waals surface area (Å²) in [6.07, 6.45) is -0.101. The molecule has 0 saturated carbocycles. The highest BCUT2D eigenvalue weighted by molar-refractivity contribution is 7.86. The first-order valence-electron chi connectivity index (χ1n) is 12.8. The highest BCUT2D eigenvalue weighted by Gasteiger charge is 2.46. The number of carbonyl (C=O) groups is 3. The lowest BCUT2D eigenvalue weighted by Crippen LogP contribution is -2.64. The lowest BCUT2D eigenvalue weighted by atomic mass is 9.86. The van der Waals surface area contributed by atoms with Gasteiger partial charge in [-0.2, -0.15) is 8.42 Å². The number of ether oxygens (including phenoxy) is 3. The van der Waals surface area contributed by atoms with Gasteiger partial charge in [0.1, 0.15) is 17.7 Å². The van der Waals surface area contributed by atoms with Crippen LogP contribution in [0.4, 0.5) is 19.3 Å². The molecule has 2 atom stereocenters. The summed E-state index contributed by atoms with van der Waals surface area (Å²) in [5, 5.41) is 2.50. The first-order chi connectivity index (χ1) is 19.0. The molecule has 1 unspecified atom stereocenters. The van der Waals surface area contributed by atoms with E-state index in [2.05, 4.69) is 5.32 Å². The van der Waals surface area contributed by atoms with Crippen LogP contribution < -0.4 is 20.7 Å². The largest absolute Gasteiger partial charge is 0.442 e. The molecular formula is C25H36F2N4O9S. The highest BCUT2D eigenvalue weighted by atomic mass is 32.2. The third kappa shape index (κ3) is 7.88. The standard InChI is InChI=1S/C25H36F2N4O9S/c1-15(32)29-12-17-13-31(23(34)38-17)16-10-18(26)20(19(27)11-16)39-22(33)21(28)24(2,3)30-8-6-25(7-9-30,14-37-4)40-41(5,35)36/h10-11,17,21H,6-9,12-14,28H2,1-5H3,(H,29,32)/t17-,21?/m0/s1. The van der Waals surface area contributed by atoms with Crippen LogP contribution in [0.15, 0.2) is 12.1 Å². The summed E-state index contributed by atoms with van der Waals surface area (Å²) < 4.78 is 74.1. The van der Waals surface area contributed by atoms with Gasteiger partial charge in [0.25, 0.3) is 10.1 Å². The van der Waals surface area contributed by atoms with Gasteiger partial charge < -0.3 is 25.3 Å². The van der Waals surface area contributed by atoms with Gasteiger partial charge in [0.15, 0.2) is 11.6 Å². The zero-order chi connectivity index (χ0) is 30.8. The summed E-state index contributed by atoms with van der Waals surface area (Å²) in [5.41, 5.74) is 3.91. The monoisotopic (exact) mass is 606 g/mol. The van der Waals surface area contributed by atoms with Gasteiger partial charge in [-0.25, -0.2) is 18.4 Å². The van der Waals surface area contributed by atoms with Gasteiger partial charge in [-0.3, -0.25) is 18.8 Å². The Morgan fingerprint density at radius 2 is 1.83 bits per heavy atom. The van der Waals surface area contributed by atoms with E-state index in [-0.39, 0.29) is 44.1 Å². The number of nitrogens with two attached hydrogens (primary N) is 1. The molecule has 1 aromatic rings. The number of benzene rings is 1. The van der Waals surface area contributed by atoms with Crippen molar-refractivity contribution in [2.24, 2.45) is 5.73 Å². The molecular weight excluding hydrogens is 570 g/mol. The molecule has 13 nitrogen and oxygen atoms in total. The quantitative estimate of drug-likeness (QED) is 0.209. The van der Waals surface area contributed by atoms with Crippen molar-refractivity contribution >= 4 is 33.8 Å². The van der Waals surface area contributed by atoms with Crippen molar-refractivity contribution in [1.29, 1.82) is 0 Å². The Balaban J connectivity index is 1.68. The molecule has 3 N–H and O–H groups in total. The molecule has 2 fully saturated rings. The number of methoxy groups -OCH3 is 1. The summed E-state index contributed by atoms with van der Waals surface area (Å²) in [6, 6.07) is 0.299. The van der Waals surface area contributed by atoms with Crippen LogP contribution in [-0.2, 0) is 33.4 Å². The molecule has 1 aromatic carbocycles. The van der Waals surface area contributed by atoms with Crippen LogP contribution in [0.1, 0.15) is 33.6 Å². The average molecular weight is 607 g/mol. The minimum Gasteiger partial charge on any atom is -0.442 e. The van der Waals surface area contributed by atoms with E-state index in [9.17, 15) is 31.6 Å². The number of anilines is 1. The smallest absolute Gasteiger partial charge is 0.414 e. The highest BCUT2D eigenvalue weighted by Crippen LogP contribution is 2.34. The fourth-order valence-electron chi connectivity index (χ4n) is 4.87. The van der Waals surface area contributed by atoms with Crippen molar-refractivity contribution in [3.63, 3.8) is 0 Å². The first kappa shape index (κ1) is 32.6. The number of cyclic esters (lactones) is 1. The summed E-state index contributed by atoms with van der Waals surface area (Å²) in [5.74, 6) is -4.89.